The van der Waals surface area contributed by atoms with Crippen molar-refractivity contribution in [2.45, 2.75) is 30.4 Å². The standard InChI is InChI=1S/C9H10F4O4S.Na/c10-8(11,9(12,13)18(15,16)17)6-2-4-1-5(6)7(14)3-4;/h4-6H,1-3H2,(H,15,16,17);/q;+1/p-1. The molecule has 2 saturated carbocycles. The van der Waals surface area contributed by atoms with Crippen LogP contribution in [0, 0.1) is 17.8 Å². The van der Waals surface area contributed by atoms with Gasteiger partial charge < -0.3 is 4.55 Å². The number of hydrogen-bond acceptors (Lipinski definition) is 4. The average molecular weight is 312 g/mol. The van der Waals surface area contributed by atoms with E-state index < -0.39 is 44.8 Å². The summed E-state index contributed by atoms with van der Waals surface area (Å²) in [6.45, 7) is 0. The molecule has 2 rings (SSSR count). The zero-order chi connectivity index (χ0) is 13.9. The third-order valence-electron chi connectivity index (χ3n) is 3.73. The van der Waals surface area contributed by atoms with Crippen LogP contribution in [0.4, 0.5) is 17.6 Å². The van der Waals surface area contributed by atoms with Gasteiger partial charge in [-0.2, -0.15) is 17.6 Å². The average Bonchev–Trinajstić information content (AvgIpc) is 2.73. The number of fused-ring (bicyclic) bond motifs is 2. The van der Waals surface area contributed by atoms with Crippen LogP contribution < -0.4 is 29.6 Å². The Morgan fingerprint density at radius 1 is 1.16 bits per heavy atom. The second kappa shape index (κ2) is 4.94. The molecule has 2 aliphatic carbocycles. The number of alkyl halides is 4. The van der Waals surface area contributed by atoms with Gasteiger partial charge in [-0.3, -0.25) is 4.79 Å². The van der Waals surface area contributed by atoms with Gasteiger partial charge in [-0.25, -0.2) is 8.42 Å². The summed E-state index contributed by atoms with van der Waals surface area (Å²) in [7, 11) is -6.48. The van der Waals surface area contributed by atoms with Gasteiger partial charge in [0.05, 0.1) is 0 Å². The molecular weight excluding hydrogens is 303 g/mol. The van der Waals surface area contributed by atoms with E-state index in [1.807, 2.05) is 0 Å². The van der Waals surface area contributed by atoms with Crippen molar-refractivity contribution in [3.8, 4) is 0 Å². The summed E-state index contributed by atoms with van der Waals surface area (Å²) >= 11 is 0. The van der Waals surface area contributed by atoms with Gasteiger partial charge in [-0.1, -0.05) is 0 Å². The van der Waals surface area contributed by atoms with Crippen LogP contribution >= 0.6 is 0 Å². The summed E-state index contributed by atoms with van der Waals surface area (Å²) in [6.07, 6.45) is -0.227. The first kappa shape index (κ1) is 17.4. The van der Waals surface area contributed by atoms with Crippen LogP contribution in [0.15, 0.2) is 0 Å². The molecule has 0 saturated heterocycles. The van der Waals surface area contributed by atoms with Gasteiger partial charge in [0, 0.05) is 18.3 Å². The number of carbonyl (C=O) groups is 1. The molecular formula is C9H9F4NaO4S. The van der Waals surface area contributed by atoms with E-state index in [2.05, 4.69) is 0 Å². The predicted octanol–water partition coefficient (Wildman–Crippen LogP) is -1.62. The largest absolute Gasteiger partial charge is 1.00 e. The van der Waals surface area contributed by atoms with Crippen molar-refractivity contribution >= 4 is 15.9 Å². The molecule has 0 amide bonds. The predicted molar refractivity (Wildman–Crippen MR) is 48.9 cm³/mol. The molecule has 2 aliphatic rings. The molecule has 19 heavy (non-hydrogen) atoms. The minimum absolute atomic E-state index is 0. The molecule has 2 fully saturated rings. The fourth-order valence-electron chi connectivity index (χ4n) is 2.88. The molecule has 4 nitrogen and oxygen atoms in total. The molecule has 0 N–H and O–H groups in total. The van der Waals surface area contributed by atoms with Crippen LogP contribution in [-0.4, -0.2) is 29.9 Å². The topological polar surface area (TPSA) is 74.3 Å². The number of ketones is 1. The van der Waals surface area contributed by atoms with Crippen LogP contribution in [0.1, 0.15) is 19.3 Å². The normalized spacial score (nSPS) is 31.4. The quantitative estimate of drug-likeness (QED) is 0.357. The van der Waals surface area contributed by atoms with Crippen molar-refractivity contribution in [1.82, 2.24) is 0 Å². The Morgan fingerprint density at radius 2 is 1.68 bits per heavy atom. The summed E-state index contributed by atoms with van der Waals surface area (Å²) in [6, 6.07) is 0. The molecule has 0 radical (unpaired) electrons. The van der Waals surface area contributed by atoms with Gasteiger partial charge in [0.1, 0.15) is 5.78 Å². The fourth-order valence-corrected chi connectivity index (χ4v) is 3.37. The Morgan fingerprint density at radius 3 is 2.05 bits per heavy atom. The summed E-state index contributed by atoms with van der Waals surface area (Å²) in [5.41, 5.74) is 0. The second-order valence-corrected chi connectivity index (χ2v) is 6.24. The maximum absolute atomic E-state index is 13.6. The number of carbonyl (C=O) groups excluding carboxylic acids is 1. The summed E-state index contributed by atoms with van der Waals surface area (Å²) in [5, 5.41) is -5.69. The molecule has 0 aliphatic heterocycles. The van der Waals surface area contributed by atoms with E-state index in [0.29, 0.717) is 0 Å². The summed E-state index contributed by atoms with van der Waals surface area (Å²) < 4.78 is 84.0. The summed E-state index contributed by atoms with van der Waals surface area (Å²) in [5.74, 6) is -9.32. The Hall–Kier alpha value is 0.300. The summed E-state index contributed by atoms with van der Waals surface area (Å²) in [4.78, 5) is 11.3. The zero-order valence-electron chi connectivity index (χ0n) is 9.91. The van der Waals surface area contributed by atoms with Gasteiger partial charge in [0.25, 0.3) is 0 Å². The van der Waals surface area contributed by atoms with Crippen LogP contribution in [0.2, 0.25) is 0 Å². The van der Waals surface area contributed by atoms with E-state index in [-0.39, 0.29) is 48.8 Å². The van der Waals surface area contributed by atoms with E-state index in [1.165, 1.54) is 0 Å². The minimum Gasteiger partial charge on any atom is -0.743 e. The third-order valence-corrected chi connectivity index (χ3v) is 4.63. The number of hydrogen-bond donors (Lipinski definition) is 0. The van der Waals surface area contributed by atoms with Crippen LogP contribution in [0.3, 0.4) is 0 Å². The van der Waals surface area contributed by atoms with E-state index in [1.54, 1.807) is 0 Å². The third kappa shape index (κ3) is 2.48. The monoisotopic (exact) mass is 312 g/mol. The molecule has 0 aromatic carbocycles. The number of halogens is 4. The smallest absolute Gasteiger partial charge is 0.743 e. The van der Waals surface area contributed by atoms with Crippen LogP contribution in [0.25, 0.3) is 0 Å². The van der Waals surface area contributed by atoms with Gasteiger partial charge in [-0.05, 0) is 18.8 Å². The fraction of sp³-hybridized carbons (Fsp3) is 0.889. The molecule has 0 spiro atoms. The zero-order valence-corrected chi connectivity index (χ0v) is 12.7. The first-order valence-corrected chi connectivity index (χ1v) is 6.63. The Kier molecular flexibility index (Phi) is 4.51. The SMILES string of the molecule is O=C1CC2CC1C(C(F)(F)C(F)(F)S(=O)(=O)[O-])C2.[Na+]. The maximum atomic E-state index is 13.6. The van der Waals surface area contributed by atoms with Crippen molar-refractivity contribution in [1.29, 1.82) is 0 Å². The van der Waals surface area contributed by atoms with Crippen molar-refractivity contribution in [3.05, 3.63) is 0 Å². The molecule has 2 bridgehead atoms. The van der Waals surface area contributed by atoms with E-state index in [4.69, 9.17) is 0 Å². The Bertz CT molecular complexity index is 492. The van der Waals surface area contributed by atoms with Crippen molar-refractivity contribution in [2.24, 2.45) is 17.8 Å². The van der Waals surface area contributed by atoms with E-state index in [9.17, 15) is 35.3 Å². The van der Waals surface area contributed by atoms with Crippen LogP contribution in [0.5, 0.6) is 0 Å². The van der Waals surface area contributed by atoms with E-state index in [0.717, 1.165) is 0 Å². The van der Waals surface area contributed by atoms with Gasteiger partial charge in [0.2, 0.25) is 0 Å². The van der Waals surface area contributed by atoms with E-state index >= 15 is 0 Å². The van der Waals surface area contributed by atoms with Gasteiger partial charge in [-0.15, -0.1) is 0 Å². The number of rotatable bonds is 3. The maximum Gasteiger partial charge on any atom is 1.00 e. The molecule has 0 aromatic rings. The first-order chi connectivity index (χ1) is 7.98. The van der Waals surface area contributed by atoms with Crippen molar-refractivity contribution < 1.29 is 64.9 Å². The van der Waals surface area contributed by atoms with Crippen molar-refractivity contribution in [2.75, 3.05) is 0 Å². The Balaban J connectivity index is 0.00000180. The molecule has 3 unspecified atom stereocenters. The first-order valence-electron chi connectivity index (χ1n) is 5.22. The molecule has 0 aromatic heterocycles. The molecule has 10 heteroatoms. The molecule has 3 atom stereocenters. The minimum atomic E-state index is -6.48. The van der Waals surface area contributed by atoms with Gasteiger partial charge >= 0.3 is 40.7 Å². The van der Waals surface area contributed by atoms with Crippen molar-refractivity contribution in [3.63, 3.8) is 0 Å². The molecule has 0 heterocycles. The second-order valence-electron chi connectivity index (χ2n) is 4.81. The molecule has 104 valence electrons. The Labute approximate surface area is 129 Å². The van der Waals surface area contributed by atoms with Crippen LogP contribution in [-0.2, 0) is 14.9 Å². The number of Topliss-reactive ketones (excluding diaryl/α,β-unsaturated/α-hetero) is 1. The van der Waals surface area contributed by atoms with Gasteiger partial charge in [0.15, 0.2) is 10.1 Å².